The molecule has 1 aliphatic heterocycles. The Balaban J connectivity index is 1.47. The third-order valence-electron chi connectivity index (χ3n) is 6.31. The molecule has 204 valence electrons. The number of carbonyl (C=O) groups is 2. The van der Waals surface area contributed by atoms with Gasteiger partial charge >= 0.3 is 5.97 Å². The van der Waals surface area contributed by atoms with Gasteiger partial charge < -0.3 is 20.6 Å². The first-order valence-corrected chi connectivity index (χ1v) is 12.0. The molecule has 0 fully saturated rings. The number of hydrogen-bond donors (Lipinski definition) is 2. The van der Waals surface area contributed by atoms with Crippen molar-refractivity contribution in [1.82, 2.24) is 10.3 Å². The van der Waals surface area contributed by atoms with E-state index in [9.17, 15) is 27.2 Å². The predicted octanol–water partition coefficient (Wildman–Crippen LogP) is 4.03. The number of allylic oxidation sites excluding steroid dienone is 1. The van der Waals surface area contributed by atoms with Crippen molar-refractivity contribution in [3.63, 3.8) is 0 Å². The maximum absolute atomic E-state index is 14.4. The molecule has 2 aromatic rings. The minimum atomic E-state index is -1.33. The molecule has 0 saturated carbocycles. The number of methoxy groups -OCH3 is 1. The molecule has 0 bridgehead atoms. The van der Waals surface area contributed by atoms with Crippen molar-refractivity contribution >= 4 is 17.6 Å². The van der Waals surface area contributed by atoms with E-state index in [2.05, 4.69) is 21.2 Å². The standard InChI is InChI=1S/C27H24F4N4O4/c1-38-27(37)18-7-5-14(19-10-16(29)11-20(30)25(19)31)9-24(18)34-26(36)21(32)12-17-3-2-4-23(35-39-17)22-8-6-15(28)13-33-22/h2,6,8,10-11,13-14,21H,4-5,7,9,12,32H2,1H3,(H,34,36). The number of nitrogens with two attached hydrogens (primary N) is 1. The molecule has 2 aliphatic rings. The first kappa shape index (κ1) is 27.7. The van der Waals surface area contributed by atoms with Crippen LogP contribution in [0.1, 0.15) is 49.3 Å². The molecule has 39 heavy (non-hydrogen) atoms. The van der Waals surface area contributed by atoms with Gasteiger partial charge in [0, 0.05) is 24.6 Å². The molecule has 0 spiro atoms. The van der Waals surface area contributed by atoms with Gasteiger partial charge in [-0.2, -0.15) is 0 Å². The van der Waals surface area contributed by atoms with Gasteiger partial charge in [-0.3, -0.25) is 9.78 Å². The fraction of sp³-hybridized carbons (Fsp3) is 0.296. The molecular weight excluding hydrogens is 520 g/mol. The van der Waals surface area contributed by atoms with E-state index in [0.717, 1.165) is 12.3 Å². The van der Waals surface area contributed by atoms with Gasteiger partial charge in [-0.25, -0.2) is 22.4 Å². The second-order valence-corrected chi connectivity index (χ2v) is 8.95. The Labute approximate surface area is 220 Å². The molecule has 2 atom stereocenters. The van der Waals surface area contributed by atoms with E-state index in [1.165, 1.54) is 19.2 Å². The van der Waals surface area contributed by atoms with Crippen LogP contribution < -0.4 is 11.1 Å². The Hall–Kier alpha value is -4.28. The quantitative estimate of drug-likeness (QED) is 0.235. The summed E-state index contributed by atoms with van der Waals surface area (Å²) in [6, 6.07) is 2.86. The number of ether oxygens (including phenoxy) is 1. The van der Waals surface area contributed by atoms with Gasteiger partial charge in [0.1, 0.15) is 17.3 Å². The van der Waals surface area contributed by atoms with Crippen LogP contribution in [0, 0.1) is 23.3 Å². The average Bonchev–Trinajstić information content (AvgIpc) is 3.16. The number of amides is 1. The number of halogens is 4. The lowest BCUT2D eigenvalue weighted by molar-refractivity contribution is -0.136. The number of esters is 1. The summed E-state index contributed by atoms with van der Waals surface area (Å²) in [5.74, 6) is -5.90. The fourth-order valence-electron chi connectivity index (χ4n) is 4.32. The van der Waals surface area contributed by atoms with Crippen LogP contribution in [0.15, 0.2) is 64.5 Å². The number of aromatic nitrogens is 1. The summed E-state index contributed by atoms with van der Waals surface area (Å²) in [5, 5.41) is 6.59. The van der Waals surface area contributed by atoms with Crippen LogP contribution in [0.25, 0.3) is 0 Å². The largest absolute Gasteiger partial charge is 0.466 e. The van der Waals surface area contributed by atoms with Gasteiger partial charge in [0.15, 0.2) is 17.4 Å². The highest BCUT2D eigenvalue weighted by molar-refractivity contribution is 5.99. The number of hydrogen-bond acceptors (Lipinski definition) is 7. The smallest absolute Gasteiger partial charge is 0.335 e. The highest BCUT2D eigenvalue weighted by Crippen LogP contribution is 2.37. The molecule has 1 aliphatic carbocycles. The minimum absolute atomic E-state index is 0.0751. The van der Waals surface area contributed by atoms with Crippen LogP contribution >= 0.6 is 0 Å². The monoisotopic (exact) mass is 544 g/mol. The maximum atomic E-state index is 14.4. The predicted molar refractivity (Wildman–Crippen MR) is 131 cm³/mol. The van der Waals surface area contributed by atoms with E-state index in [0.29, 0.717) is 17.5 Å². The molecule has 0 radical (unpaired) electrons. The summed E-state index contributed by atoms with van der Waals surface area (Å²) in [5.41, 5.74) is 9.83. The molecule has 12 heteroatoms. The summed E-state index contributed by atoms with van der Waals surface area (Å²) in [4.78, 5) is 34.6. The van der Waals surface area contributed by atoms with Crippen LogP contribution in [-0.2, 0) is 19.2 Å². The Morgan fingerprint density at radius 3 is 2.74 bits per heavy atom. The maximum Gasteiger partial charge on any atom is 0.335 e. The first-order valence-electron chi connectivity index (χ1n) is 12.0. The van der Waals surface area contributed by atoms with Crippen molar-refractivity contribution in [1.29, 1.82) is 0 Å². The summed E-state index contributed by atoms with van der Waals surface area (Å²) in [6.07, 6.45) is 3.01. The minimum Gasteiger partial charge on any atom is -0.466 e. The van der Waals surface area contributed by atoms with Gasteiger partial charge in [0.2, 0.25) is 5.91 Å². The average molecular weight is 545 g/mol. The third-order valence-corrected chi connectivity index (χ3v) is 6.31. The number of rotatable bonds is 7. The van der Waals surface area contributed by atoms with Crippen LogP contribution in [-0.4, -0.2) is 35.7 Å². The second-order valence-electron chi connectivity index (χ2n) is 8.95. The first-order chi connectivity index (χ1) is 18.7. The molecule has 3 N–H and O–H groups in total. The second kappa shape index (κ2) is 12.1. The van der Waals surface area contributed by atoms with Crippen molar-refractivity contribution in [2.75, 3.05) is 7.11 Å². The number of oxime groups is 1. The summed E-state index contributed by atoms with van der Waals surface area (Å²) >= 11 is 0. The van der Waals surface area contributed by atoms with E-state index >= 15 is 0 Å². The van der Waals surface area contributed by atoms with E-state index in [1.807, 2.05) is 0 Å². The van der Waals surface area contributed by atoms with Gasteiger partial charge in [-0.05, 0) is 55.0 Å². The molecular formula is C27H24F4N4O4. The van der Waals surface area contributed by atoms with Crippen molar-refractivity contribution in [2.45, 2.75) is 44.1 Å². The summed E-state index contributed by atoms with van der Waals surface area (Å²) in [6.45, 7) is 0. The lowest BCUT2D eigenvalue weighted by Crippen LogP contribution is -2.42. The van der Waals surface area contributed by atoms with Crippen molar-refractivity contribution in [3.8, 4) is 0 Å². The lowest BCUT2D eigenvalue weighted by atomic mass is 9.82. The number of pyridine rings is 1. The van der Waals surface area contributed by atoms with Crippen LogP contribution in [0.5, 0.6) is 0 Å². The molecule has 1 aromatic carbocycles. The topological polar surface area (TPSA) is 116 Å². The van der Waals surface area contributed by atoms with E-state index in [1.54, 1.807) is 6.08 Å². The molecule has 2 heterocycles. The molecule has 1 amide bonds. The lowest BCUT2D eigenvalue weighted by Gasteiger charge is -2.28. The van der Waals surface area contributed by atoms with Crippen molar-refractivity contribution in [2.24, 2.45) is 10.9 Å². The highest BCUT2D eigenvalue weighted by Gasteiger charge is 2.31. The van der Waals surface area contributed by atoms with Crippen LogP contribution in [0.2, 0.25) is 0 Å². The van der Waals surface area contributed by atoms with Gasteiger partial charge in [0.25, 0.3) is 0 Å². The molecule has 0 saturated heterocycles. The normalized spacial score (nSPS) is 17.9. The van der Waals surface area contributed by atoms with Gasteiger partial charge in [0.05, 0.1) is 30.6 Å². The highest BCUT2D eigenvalue weighted by atomic mass is 19.2. The Morgan fingerprint density at radius 1 is 1.23 bits per heavy atom. The number of benzene rings is 1. The number of nitrogens with zero attached hydrogens (tertiary/aromatic N) is 2. The Bertz CT molecular complexity index is 1420. The SMILES string of the molecule is COC(=O)C1=C(NC(=O)C(N)CC2=C=CCC(c3ccc(F)cn3)=NO2)CC(c2cc(F)cc(F)c2F)CC1. The summed E-state index contributed by atoms with van der Waals surface area (Å²) in [7, 11) is 1.17. The molecule has 1 aromatic heterocycles. The number of carbonyl (C=O) groups excluding carboxylic acids is 2. The zero-order valence-corrected chi connectivity index (χ0v) is 20.8. The number of nitrogens with one attached hydrogen (secondary N) is 1. The molecule has 8 nitrogen and oxygen atoms in total. The molecule has 4 rings (SSSR count). The van der Waals surface area contributed by atoms with E-state index in [4.69, 9.17) is 15.3 Å². The van der Waals surface area contributed by atoms with Gasteiger partial charge in [-0.15, -0.1) is 0 Å². The van der Waals surface area contributed by atoms with Crippen molar-refractivity contribution < 1.29 is 36.7 Å². The third kappa shape index (κ3) is 6.60. The van der Waals surface area contributed by atoms with E-state index in [-0.39, 0.29) is 54.7 Å². The van der Waals surface area contributed by atoms with E-state index < -0.39 is 47.1 Å². The zero-order valence-electron chi connectivity index (χ0n) is 20.8. The Morgan fingerprint density at radius 2 is 2.03 bits per heavy atom. The van der Waals surface area contributed by atoms with Crippen LogP contribution in [0.3, 0.4) is 0 Å². The zero-order chi connectivity index (χ0) is 28.1. The molecule has 2 unspecified atom stereocenters. The summed E-state index contributed by atoms with van der Waals surface area (Å²) < 4.78 is 60.0. The van der Waals surface area contributed by atoms with Gasteiger partial charge in [-0.1, -0.05) is 10.9 Å². The van der Waals surface area contributed by atoms with Crippen molar-refractivity contribution in [3.05, 3.63) is 93.8 Å². The van der Waals surface area contributed by atoms with Crippen LogP contribution in [0.4, 0.5) is 17.6 Å². The fourth-order valence-corrected chi connectivity index (χ4v) is 4.32. The Kier molecular flexibility index (Phi) is 8.58.